The molecule has 1 saturated carbocycles. The molecule has 0 amide bonds. The van der Waals surface area contributed by atoms with E-state index >= 15 is 0 Å². The maximum atomic E-state index is 4.31. The van der Waals surface area contributed by atoms with E-state index in [9.17, 15) is 0 Å². The topological polar surface area (TPSA) is 24.1 Å². The fraction of sp³-hybridized carbons (Fsp3) is 1.00. The molecule has 2 nitrogen and oxygen atoms in total. The second-order valence-electron chi connectivity index (χ2n) is 3.66. The predicted octanol–water partition coefficient (Wildman–Crippen LogP) is 0.256. The Morgan fingerprint density at radius 2 is 1.64 bits per heavy atom. The molecule has 0 aromatic heterocycles. The molecule has 3 heteroatoms. The SMILES string of the molecule is SC[C@H]1CN[C@H]2CC[C@H]2NC1. The molecule has 1 heterocycles. The van der Waals surface area contributed by atoms with E-state index in [1.54, 1.807) is 0 Å². The summed E-state index contributed by atoms with van der Waals surface area (Å²) in [5.74, 6) is 1.73. The molecule has 11 heavy (non-hydrogen) atoms. The average molecular weight is 172 g/mol. The van der Waals surface area contributed by atoms with Crippen LogP contribution in [0.4, 0.5) is 0 Å². The lowest BCUT2D eigenvalue weighted by molar-refractivity contribution is 0.264. The molecule has 2 aliphatic rings. The second kappa shape index (κ2) is 3.33. The van der Waals surface area contributed by atoms with Gasteiger partial charge in [0.1, 0.15) is 0 Å². The predicted molar refractivity (Wildman–Crippen MR) is 50.2 cm³/mol. The Hall–Kier alpha value is 0.270. The average Bonchev–Trinajstić information content (AvgIpc) is 2.11. The van der Waals surface area contributed by atoms with Crippen molar-refractivity contribution in [3.05, 3.63) is 0 Å². The summed E-state index contributed by atoms with van der Waals surface area (Å²) in [5, 5.41) is 7.14. The van der Waals surface area contributed by atoms with Gasteiger partial charge in [-0.15, -0.1) is 0 Å². The number of hydrogen-bond acceptors (Lipinski definition) is 3. The largest absolute Gasteiger partial charge is 0.312 e. The van der Waals surface area contributed by atoms with Crippen molar-refractivity contribution < 1.29 is 0 Å². The first-order chi connectivity index (χ1) is 5.40. The van der Waals surface area contributed by atoms with Gasteiger partial charge in [-0.3, -0.25) is 0 Å². The van der Waals surface area contributed by atoms with Gasteiger partial charge in [-0.25, -0.2) is 0 Å². The number of thiol groups is 1. The lowest BCUT2D eigenvalue weighted by atomic mass is 9.87. The lowest BCUT2D eigenvalue weighted by Gasteiger charge is -2.35. The van der Waals surface area contributed by atoms with Crippen molar-refractivity contribution in [3.8, 4) is 0 Å². The Bertz CT molecular complexity index is 126. The molecule has 0 radical (unpaired) electrons. The highest BCUT2D eigenvalue weighted by atomic mass is 32.1. The Labute approximate surface area is 73.5 Å². The van der Waals surface area contributed by atoms with Crippen LogP contribution in [0.3, 0.4) is 0 Å². The maximum absolute atomic E-state index is 4.31. The van der Waals surface area contributed by atoms with E-state index in [-0.39, 0.29) is 0 Å². The molecule has 0 aromatic rings. The summed E-state index contributed by atoms with van der Waals surface area (Å²) in [5.41, 5.74) is 0. The van der Waals surface area contributed by atoms with Crippen LogP contribution >= 0.6 is 12.6 Å². The van der Waals surface area contributed by atoms with E-state index in [1.165, 1.54) is 12.8 Å². The number of fused-ring (bicyclic) bond motifs is 1. The van der Waals surface area contributed by atoms with Gasteiger partial charge in [0.25, 0.3) is 0 Å². The highest BCUT2D eigenvalue weighted by Gasteiger charge is 2.32. The van der Waals surface area contributed by atoms with E-state index in [2.05, 4.69) is 23.3 Å². The molecule has 2 rings (SSSR count). The first-order valence-electron chi connectivity index (χ1n) is 4.48. The van der Waals surface area contributed by atoms with Crippen LogP contribution in [-0.4, -0.2) is 30.9 Å². The quantitative estimate of drug-likeness (QED) is 0.494. The molecular weight excluding hydrogens is 156 g/mol. The number of hydrogen-bond donors (Lipinski definition) is 3. The minimum atomic E-state index is 0.726. The van der Waals surface area contributed by atoms with Gasteiger partial charge < -0.3 is 10.6 Å². The zero-order valence-corrected chi connectivity index (χ0v) is 7.61. The third-order valence-electron chi connectivity index (χ3n) is 2.87. The summed E-state index contributed by atoms with van der Waals surface area (Å²) in [6.45, 7) is 2.30. The van der Waals surface area contributed by atoms with Gasteiger partial charge in [0.2, 0.25) is 0 Å². The van der Waals surface area contributed by atoms with Crippen LogP contribution in [0.15, 0.2) is 0 Å². The van der Waals surface area contributed by atoms with Gasteiger partial charge in [-0.05, 0) is 24.5 Å². The minimum absolute atomic E-state index is 0.726. The van der Waals surface area contributed by atoms with Gasteiger partial charge in [0.05, 0.1) is 0 Å². The molecule has 2 N–H and O–H groups in total. The first kappa shape index (κ1) is 7.90. The van der Waals surface area contributed by atoms with E-state index in [0.29, 0.717) is 0 Å². The third-order valence-corrected chi connectivity index (χ3v) is 3.39. The smallest absolute Gasteiger partial charge is 0.0221 e. The fourth-order valence-electron chi connectivity index (χ4n) is 1.83. The summed E-state index contributed by atoms with van der Waals surface area (Å²) < 4.78 is 0. The second-order valence-corrected chi connectivity index (χ2v) is 4.02. The first-order valence-corrected chi connectivity index (χ1v) is 5.11. The number of nitrogens with one attached hydrogen (secondary N) is 2. The van der Waals surface area contributed by atoms with Gasteiger partial charge >= 0.3 is 0 Å². The molecule has 2 fully saturated rings. The van der Waals surface area contributed by atoms with Crippen molar-refractivity contribution in [2.45, 2.75) is 24.9 Å². The van der Waals surface area contributed by atoms with Crippen molar-refractivity contribution in [2.75, 3.05) is 18.8 Å². The molecule has 64 valence electrons. The van der Waals surface area contributed by atoms with Crippen LogP contribution < -0.4 is 10.6 Å². The van der Waals surface area contributed by atoms with Crippen molar-refractivity contribution in [1.29, 1.82) is 0 Å². The Balaban J connectivity index is 1.87. The van der Waals surface area contributed by atoms with Gasteiger partial charge in [0.15, 0.2) is 0 Å². The van der Waals surface area contributed by atoms with Crippen molar-refractivity contribution >= 4 is 12.6 Å². The summed E-state index contributed by atoms with van der Waals surface area (Å²) in [4.78, 5) is 0. The highest BCUT2D eigenvalue weighted by Crippen LogP contribution is 2.22. The normalized spacial score (nSPS) is 43.9. The van der Waals surface area contributed by atoms with Gasteiger partial charge in [-0.2, -0.15) is 12.6 Å². The third kappa shape index (κ3) is 1.55. The van der Waals surface area contributed by atoms with Crippen LogP contribution in [0.1, 0.15) is 12.8 Å². The molecule has 1 aliphatic carbocycles. The summed E-state index contributed by atoms with van der Waals surface area (Å²) in [6, 6.07) is 1.53. The van der Waals surface area contributed by atoms with Gasteiger partial charge in [-0.1, -0.05) is 0 Å². The summed E-state index contributed by atoms with van der Waals surface area (Å²) in [7, 11) is 0. The zero-order valence-electron chi connectivity index (χ0n) is 6.71. The van der Waals surface area contributed by atoms with Crippen LogP contribution in [0.2, 0.25) is 0 Å². The molecular formula is C8H16N2S. The molecule has 0 spiro atoms. The van der Waals surface area contributed by atoms with Crippen molar-refractivity contribution in [2.24, 2.45) is 5.92 Å². The molecule has 1 saturated heterocycles. The van der Waals surface area contributed by atoms with Crippen LogP contribution in [0, 0.1) is 5.92 Å². The molecule has 0 bridgehead atoms. The van der Waals surface area contributed by atoms with E-state index < -0.39 is 0 Å². The maximum Gasteiger partial charge on any atom is 0.0221 e. The van der Waals surface area contributed by atoms with Gasteiger partial charge in [0, 0.05) is 25.2 Å². The molecule has 0 unspecified atom stereocenters. The minimum Gasteiger partial charge on any atom is -0.312 e. The highest BCUT2D eigenvalue weighted by molar-refractivity contribution is 7.80. The molecule has 3 atom stereocenters. The summed E-state index contributed by atoms with van der Waals surface area (Å²) in [6.07, 6.45) is 2.72. The monoisotopic (exact) mass is 172 g/mol. The standard InChI is InChI=1S/C8H16N2S/c11-5-6-3-9-7-1-2-8(7)10-4-6/h6-11H,1-5H2/t6-,7-,8+. The summed E-state index contributed by atoms with van der Waals surface area (Å²) >= 11 is 4.31. The fourth-order valence-corrected chi connectivity index (χ4v) is 2.08. The zero-order chi connectivity index (χ0) is 7.68. The number of rotatable bonds is 1. The van der Waals surface area contributed by atoms with E-state index in [0.717, 1.165) is 36.8 Å². The lowest BCUT2D eigenvalue weighted by Crippen LogP contribution is -2.52. The molecule has 1 aliphatic heterocycles. The Kier molecular flexibility index (Phi) is 2.39. The van der Waals surface area contributed by atoms with E-state index in [4.69, 9.17) is 0 Å². The van der Waals surface area contributed by atoms with Crippen LogP contribution in [0.5, 0.6) is 0 Å². The van der Waals surface area contributed by atoms with Crippen LogP contribution in [0.25, 0.3) is 0 Å². The Morgan fingerprint density at radius 1 is 1.09 bits per heavy atom. The van der Waals surface area contributed by atoms with Crippen molar-refractivity contribution in [3.63, 3.8) is 0 Å². The van der Waals surface area contributed by atoms with Crippen molar-refractivity contribution in [1.82, 2.24) is 10.6 Å². The Morgan fingerprint density at radius 3 is 2.00 bits per heavy atom. The van der Waals surface area contributed by atoms with E-state index in [1.807, 2.05) is 0 Å². The molecule has 0 aromatic carbocycles. The van der Waals surface area contributed by atoms with Crippen LogP contribution in [-0.2, 0) is 0 Å².